The molecule has 0 aromatic heterocycles. The monoisotopic (exact) mass is 397 g/mol. The average molecular weight is 398 g/mol. The van der Waals surface area contributed by atoms with Crippen molar-refractivity contribution in [1.82, 2.24) is 4.31 Å². The summed E-state index contributed by atoms with van der Waals surface area (Å²) in [6.07, 6.45) is 3.11. The number of nitrogens with zero attached hydrogens (tertiary/aromatic N) is 1. The highest BCUT2D eigenvalue weighted by molar-refractivity contribution is 7.89. The van der Waals surface area contributed by atoms with Gasteiger partial charge in [-0.3, -0.25) is 4.79 Å². The smallest absolute Gasteiger partial charge is 0.309 e. The van der Waals surface area contributed by atoms with Crippen molar-refractivity contribution in [1.29, 1.82) is 0 Å². The van der Waals surface area contributed by atoms with Crippen molar-refractivity contribution in [3.8, 4) is 5.75 Å². The van der Waals surface area contributed by atoms with Crippen LogP contribution in [-0.4, -0.2) is 45.0 Å². The van der Waals surface area contributed by atoms with Crippen molar-refractivity contribution in [2.24, 2.45) is 11.8 Å². The molecule has 0 spiro atoms. The van der Waals surface area contributed by atoms with E-state index in [-0.39, 0.29) is 16.8 Å². The lowest BCUT2D eigenvalue weighted by molar-refractivity contribution is -0.149. The minimum Gasteiger partial charge on any atom is -0.493 e. The number of hydrogen-bond donors (Lipinski definition) is 0. The van der Waals surface area contributed by atoms with E-state index in [2.05, 4.69) is 13.8 Å². The van der Waals surface area contributed by atoms with Gasteiger partial charge in [-0.15, -0.1) is 0 Å². The van der Waals surface area contributed by atoms with Gasteiger partial charge in [-0.05, 0) is 49.9 Å². The first-order valence-corrected chi connectivity index (χ1v) is 11.3. The molecule has 0 saturated carbocycles. The van der Waals surface area contributed by atoms with Crippen molar-refractivity contribution < 1.29 is 22.7 Å². The molecule has 1 fully saturated rings. The Balaban J connectivity index is 1.96. The van der Waals surface area contributed by atoms with Crippen LogP contribution in [0.3, 0.4) is 0 Å². The Kier molecular flexibility index (Phi) is 8.10. The van der Waals surface area contributed by atoms with E-state index in [1.165, 1.54) is 4.31 Å². The van der Waals surface area contributed by atoms with Crippen LogP contribution < -0.4 is 4.74 Å². The Morgan fingerprint density at radius 3 is 2.22 bits per heavy atom. The van der Waals surface area contributed by atoms with E-state index in [9.17, 15) is 13.2 Å². The minimum absolute atomic E-state index is 0.211. The van der Waals surface area contributed by atoms with Gasteiger partial charge in [0.05, 0.1) is 24.0 Å². The SMILES string of the molecule is CCOC(=O)C1CCN(S(=O)(=O)c2ccc(OCC(CC)CC)cc2)CC1. The lowest BCUT2D eigenvalue weighted by Crippen LogP contribution is -2.40. The van der Waals surface area contributed by atoms with Crippen LogP contribution in [-0.2, 0) is 19.6 Å². The molecule has 0 unspecified atom stereocenters. The first-order valence-electron chi connectivity index (χ1n) is 9.81. The number of sulfonamides is 1. The largest absolute Gasteiger partial charge is 0.493 e. The lowest BCUT2D eigenvalue weighted by Gasteiger charge is -2.30. The van der Waals surface area contributed by atoms with Crippen molar-refractivity contribution in [3.05, 3.63) is 24.3 Å². The Bertz CT molecular complexity index is 690. The first kappa shape index (κ1) is 21.7. The van der Waals surface area contributed by atoms with Crippen LogP contribution in [0.15, 0.2) is 29.2 Å². The van der Waals surface area contributed by atoms with Crippen molar-refractivity contribution in [2.45, 2.75) is 51.3 Å². The molecule has 0 bridgehead atoms. The second-order valence-electron chi connectivity index (χ2n) is 6.90. The lowest BCUT2D eigenvalue weighted by atomic mass is 9.98. The molecule has 2 rings (SSSR count). The number of hydrogen-bond acceptors (Lipinski definition) is 5. The molecule has 27 heavy (non-hydrogen) atoms. The summed E-state index contributed by atoms with van der Waals surface area (Å²) in [6.45, 7) is 7.70. The molecule has 1 aromatic carbocycles. The van der Waals surface area contributed by atoms with E-state index < -0.39 is 10.0 Å². The number of benzene rings is 1. The van der Waals surface area contributed by atoms with E-state index >= 15 is 0 Å². The summed E-state index contributed by atoms with van der Waals surface area (Å²) in [5.74, 6) is 0.752. The van der Waals surface area contributed by atoms with Crippen molar-refractivity contribution >= 4 is 16.0 Å². The number of esters is 1. The summed E-state index contributed by atoms with van der Waals surface area (Å²) in [4.78, 5) is 12.1. The average Bonchev–Trinajstić information content (AvgIpc) is 2.69. The van der Waals surface area contributed by atoms with Crippen LogP contribution in [0.2, 0.25) is 0 Å². The van der Waals surface area contributed by atoms with E-state index in [1.54, 1.807) is 31.2 Å². The van der Waals surface area contributed by atoms with E-state index in [0.717, 1.165) is 12.8 Å². The van der Waals surface area contributed by atoms with Gasteiger partial charge in [-0.25, -0.2) is 8.42 Å². The van der Waals surface area contributed by atoms with Crippen LogP contribution in [0.25, 0.3) is 0 Å². The van der Waals surface area contributed by atoms with Crippen LogP contribution in [0, 0.1) is 11.8 Å². The molecule has 1 aliphatic rings. The summed E-state index contributed by atoms with van der Waals surface area (Å²) in [5, 5.41) is 0. The van der Waals surface area contributed by atoms with Gasteiger partial charge in [0.25, 0.3) is 0 Å². The molecular formula is C20H31NO5S. The Labute approximate surface area is 162 Å². The van der Waals surface area contributed by atoms with Crippen LogP contribution >= 0.6 is 0 Å². The third-order valence-corrected chi connectivity index (χ3v) is 7.09. The number of carbonyl (C=O) groups excluding carboxylic acids is 1. The number of ether oxygens (including phenoxy) is 2. The molecule has 0 atom stereocenters. The van der Waals surface area contributed by atoms with Gasteiger partial charge in [0, 0.05) is 13.1 Å². The highest BCUT2D eigenvalue weighted by atomic mass is 32.2. The molecule has 0 N–H and O–H groups in total. The van der Waals surface area contributed by atoms with Crippen LogP contribution in [0.5, 0.6) is 5.75 Å². The van der Waals surface area contributed by atoms with Gasteiger partial charge >= 0.3 is 5.97 Å². The van der Waals surface area contributed by atoms with Crippen LogP contribution in [0.1, 0.15) is 46.5 Å². The summed E-state index contributed by atoms with van der Waals surface area (Å²) in [5.41, 5.74) is 0. The molecule has 0 aliphatic carbocycles. The van der Waals surface area contributed by atoms with Gasteiger partial charge in [0.2, 0.25) is 10.0 Å². The fraction of sp³-hybridized carbons (Fsp3) is 0.650. The van der Waals surface area contributed by atoms with E-state index in [1.807, 2.05) is 0 Å². The molecule has 1 aliphatic heterocycles. The molecule has 6 nitrogen and oxygen atoms in total. The summed E-state index contributed by atoms with van der Waals surface area (Å²) >= 11 is 0. The maximum Gasteiger partial charge on any atom is 0.309 e. The molecule has 1 saturated heterocycles. The molecule has 0 amide bonds. The Morgan fingerprint density at radius 2 is 1.70 bits per heavy atom. The highest BCUT2D eigenvalue weighted by Crippen LogP contribution is 2.26. The highest BCUT2D eigenvalue weighted by Gasteiger charge is 2.32. The molecule has 0 radical (unpaired) electrons. The summed E-state index contributed by atoms with van der Waals surface area (Å²) in [7, 11) is -3.56. The molecule has 152 valence electrons. The number of rotatable bonds is 9. The van der Waals surface area contributed by atoms with E-state index in [4.69, 9.17) is 9.47 Å². The Morgan fingerprint density at radius 1 is 1.11 bits per heavy atom. The standard InChI is InChI=1S/C20H31NO5S/c1-4-16(5-2)15-26-18-7-9-19(10-8-18)27(23,24)21-13-11-17(12-14-21)20(22)25-6-3/h7-10,16-17H,4-6,11-15H2,1-3H3. The fourth-order valence-corrected chi connectivity index (χ4v) is 4.66. The third kappa shape index (κ3) is 5.69. The molecular weight excluding hydrogens is 366 g/mol. The zero-order chi connectivity index (χ0) is 19.9. The second kappa shape index (κ2) is 10.1. The zero-order valence-electron chi connectivity index (χ0n) is 16.5. The molecule has 1 aromatic rings. The first-order chi connectivity index (χ1) is 12.9. The Hall–Kier alpha value is -1.60. The quantitative estimate of drug-likeness (QED) is 0.597. The topological polar surface area (TPSA) is 72.9 Å². The van der Waals surface area contributed by atoms with E-state index in [0.29, 0.717) is 50.8 Å². The predicted octanol–water partition coefficient (Wildman–Crippen LogP) is 3.47. The van der Waals surface area contributed by atoms with Gasteiger partial charge in [-0.1, -0.05) is 26.7 Å². The predicted molar refractivity (Wildman–Crippen MR) is 104 cm³/mol. The van der Waals surface area contributed by atoms with Crippen molar-refractivity contribution in [2.75, 3.05) is 26.3 Å². The van der Waals surface area contributed by atoms with Crippen LogP contribution in [0.4, 0.5) is 0 Å². The van der Waals surface area contributed by atoms with Crippen molar-refractivity contribution in [3.63, 3.8) is 0 Å². The summed E-state index contributed by atoms with van der Waals surface area (Å²) in [6, 6.07) is 6.60. The molecule has 7 heteroatoms. The second-order valence-corrected chi connectivity index (χ2v) is 8.83. The zero-order valence-corrected chi connectivity index (χ0v) is 17.3. The van der Waals surface area contributed by atoms with Gasteiger partial charge in [0.1, 0.15) is 5.75 Å². The van der Waals surface area contributed by atoms with Gasteiger partial charge in [0.15, 0.2) is 0 Å². The fourth-order valence-electron chi connectivity index (χ4n) is 3.19. The van der Waals surface area contributed by atoms with Gasteiger partial charge in [-0.2, -0.15) is 4.31 Å². The number of piperidine rings is 1. The molecule has 1 heterocycles. The summed E-state index contributed by atoms with van der Waals surface area (Å²) < 4.78 is 37.9. The minimum atomic E-state index is -3.56. The normalized spacial score (nSPS) is 16.4. The maximum atomic E-state index is 12.8. The maximum absolute atomic E-state index is 12.8. The number of carbonyl (C=O) groups is 1. The van der Waals surface area contributed by atoms with Gasteiger partial charge < -0.3 is 9.47 Å². The third-order valence-electron chi connectivity index (χ3n) is 5.18.